The van der Waals surface area contributed by atoms with Gasteiger partial charge in [0, 0.05) is 0 Å². The summed E-state index contributed by atoms with van der Waals surface area (Å²) in [7, 11) is -1.42. The molecule has 0 aliphatic rings. The number of unbranched alkanes of at least 4 members (excludes halogenated alkanes) is 8. The normalized spacial score (nSPS) is 16.0. The molecule has 0 spiro atoms. The summed E-state index contributed by atoms with van der Waals surface area (Å²) in [6, 6.07) is 0. The Morgan fingerprint density at radius 2 is 1.38 bits per heavy atom. The standard InChI is InChI=1S/C19H40OSi/c1-7-9-10-11-12-13-14-15-16-17-18(21(4,5)6)19(3,20)8-2/h17,20H,7-16H2,1-6H3/b18-17-. The van der Waals surface area contributed by atoms with Crippen LogP contribution in [-0.4, -0.2) is 18.8 Å². The Labute approximate surface area is 135 Å². The molecule has 0 saturated carbocycles. The number of aliphatic hydroxyl groups is 1. The Bertz CT molecular complexity index is 286. The summed E-state index contributed by atoms with van der Waals surface area (Å²) >= 11 is 0. The molecule has 0 radical (unpaired) electrons. The minimum Gasteiger partial charge on any atom is -0.386 e. The zero-order valence-electron chi connectivity index (χ0n) is 15.6. The summed E-state index contributed by atoms with van der Waals surface area (Å²) < 4.78 is 0. The van der Waals surface area contributed by atoms with Crippen LogP contribution in [0.5, 0.6) is 0 Å². The van der Waals surface area contributed by atoms with Gasteiger partial charge in [0.25, 0.3) is 0 Å². The van der Waals surface area contributed by atoms with Crippen LogP contribution in [0.1, 0.15) is 85.0 Å². The van der Waals surface area contributed by atoms with Crippen LogP contribution in [0.2, 0.25) is 19.6 Å². The zero-order valence-corrected chi connectivity index (χ0v) is 16.6. The molecule has 21 heavy (non-hydrogen) atoms. The van der Waals surface area contributed by atoms with E-state index < -0.39 is 13.7 Å². The molecule has 126 valence electrons. The topological polar surface area (TPSA) is 20.2 Å². The highest BCUT2D eigenvalue weighted by atomic mass is 28.3. The van der Waals surface area contributed by atoms with E-state index in [1.54, 1.807) is 0 Å². The number of rotatable bonds is 12. The molecule has 0 heterocycles. The fraction of sp³-hybridized carbons (Fsp3) is 0.895. The molecule has 1 nitrogen and oxygen atoms in total. The van der Waals surface area contributed by atoms with Crippen LogP contribution < -0.4 is 0 Å². The summed E-state index contributed by atoms with van der Waals surface area (Å²) in [6.07, 6.45) is 15.3. The van der Waals surface area contributed by atoms with Gasteiger partial charge >= 0.3 is 0 Å². The van der Waals surface area contributed by atoms with Gasteiger partial charge in [-0.15, -0.1) is 0 Å². The third kappa shape index (κ3) is 9.52. The summed E-state index contributed by atoms with van der Waals surface area (Å²) in [6.45, 7) is 13.4. The first-order chi connectivity index (χ1) is 9.75. The number of hydrogen-bond acceptors (Lipinski definition) is 1. The Hall–Kier alpha value is -0.0831. The lowest BCUT2D eigenvalue weighted by Gasteiger charge is -2.34. The van der Waals surface area contributed by atoms with E-state index in [2.05, 4.69) is 39.6 Å². The zero-order chi connectivity index (χ0) is 16.4. The maximum atomic E-state index is 10.6. The summed E-state index contributed by atoms with van der Waals surface area (Å²) in [5.41, 5.74) is -0.593. The van der Waals surface area contributed by atoms with Crippen LogP contribution in [0.25, 0.3) is 0 Å². The van der Waals surface area contributed by atoms with Crippen LogP contribution in [0, 0.1) is 0 Å². The van der Waals surface area contributed by atoms with E-state index in [4.69, 9.17) is 0 Å². The third-order valence-corrected chi connectivity index (χ3v) is 6.84. The van der Waals surface area contributed by atoms with Crippen LogP contribution in [0.15, 0.2) is 11.3 Å². The van der Waals surface area contributed by atoms with Crippen molar-refractivity contribution < 1.29 is 5.11 Å². The van der Waals surface area contributed by atoms with E-state index >= 15 is 0 Å². The average molecular weight is 313 g/mol. The summed E-state index contributed by atoms with van der Waals surface area (Å²) in [5.74, 6) is 0. The van der Waals surface area contributed by atoms with Crippen LogP contribution >= 0.6 is 0 Å². The van der Waals surface area contributed by atoms with E-state index in [0.717, 1.165) is 12.8 Å². The molecule has 0 aromatic rings. The van der Waals surface area contributed by atoms with Gasteiger partial charge in [-0.25, -0.2) is 0 Å². The molecule has 1 atom stereocenters. The highest BCUT2D eigenvalue weighted by Crippen LogP contribution is 2.29. The predicted molar refractivity (Wildman–Crippen MR) is 99.6 cm³/mol. The molecule has 0 bridgehead atoms. The molecule has 0 saturated heterocycles. The molecular weight excluding hydrogens is 272 g/mol. The third-order valence-electron chi connectivity index (χ3n) is 4.48. The molecule has 2 heteroatoms. The lowest BCUT2D eigenvalue weighted by atomic mass is 10.0. The first-order valence-corrected chi connectivity index (χ1v) is 12.7. The van der Waals surface area contributed by atoms with Gasteiger partial charge in [0.1, 0.15) is 0 Å². The SMILES string of the molecule is CCCCCCCCCC/C=C(/C(C)(O)CC)[Si](C)(C)C. The maximum Gasteiger partial charge on any atom is 0.0791 e. The van der Waals surface area contributed by atoms with Crippen molar-refractivity contribution in [3.8, 4) is 0 Å². The Balaban J connectivity index is 4.07. The van der Waals surface area contributed by atoms with Gasteiger partial charge in [-0.2, -0.15) is 0 Å². The smallest absolute Gasteiger partial charge is 0.0791 e. The second-order valence-electron chi connectivity index (χ2n) is 7.76. The average Bonchev–Trinajstić information content (AvgIpc) is 2.39. The molecule has 1 N–H and O–H groups in total. The van der Waals surface area contributed by atoms with Gasteiger partial charge < -0.3 is 5.11 Å². The second kappa shape index (κ2) is 10.6. The highest BCUT2D eigenvalue weighted by Gasteiger charge is 2.32. The van der Waals surface area contributed by atoms with E-state index in [0.29, 0.717) is 0 Å². The molecule has 0 aromatic heterocycles. The minimum absolute atomic E-state index is 0.593. The van der Waals surface area contributed by atoms with Gasteiger partial charge in [-0.3, -0.25) is 0 Å². The van der Waals surface area contributed by atoms with Crippen molar-refractivity contribution >= 4 is 8.07 Å². The first-order valence-electron chi connectivity index (χ1n) is 9.19. The summed E-state index contributed by atoms with van der Waals surface area (Å²) in [4.78, 5) is 0. The molecule has 0 fully saturated rings. The largest absolute Gasteiger partial charge is 0.386 e. The second-order valence-corrected chi connectivity index (χ2v) is 12.8. The highest BCUT2D eigenvalue weighted by molar-refractivity contribution is 6.83. The van der Waals surface area contributed by atoms with Crippen LogP contribution in [0.3, 0.4) is 0 Å². The van der Waals surface area contributed by atoms with Crippen molar-refractivity contribution in [2.24, 2.45) is 0 Å². The quantitative estimate of drug-likeness (QED) is 0.323. The molecule has 0 aromatic carbocycles. The van der Waals surface area contributed by atoms with Gasteiger partial charge in [-0.05, 0) is 26.2 Å². The van der Waals surface area contributed by atoms with Crippen molar-refractivity contribution in [2.45, 2.75) is 110 Å². The Morgan fingerprint density at radius 3 is 1.81 bits per heavy atom. The molecule has 0 aliphatic heterocycles. The molecule has 0 aliphatic carbocycles. The first kappa shape index (κ1) is 20.9. The maximum absolute atomic E-state index is 10.6. The molecule has 0 amide bonds. The number of allylic oxidation sites excluding steroid dienone is 1. The van der Waals surface area contributed by atoms with Gasteiger partial charge in [0.05, 0.1) is 13.7 Å². The van der Waals surface area contributed by atoms with Gasteiger partial charge in [0.2, 0.25) is 0 Å². The van der Waals surface area contributed by atoms with E-state index in [1.165, 1.54) is 56.6 Å². The van der Waals surface area contributed by atoms with Gasteiger partial charge in [-0.1, -0.05) is 89.7 Å². The van der Waals surface area contributed by atoms with E-state index in [-0.39, 0.29) is 0 Å². The van der Waals surface area contributed by atoms with Gasteiger partial charge in [0.15, 0.2) is 0 Å². The lowest BCUT2D eigenvalue weighted by molar-refractivity contribution is 0.101. The van der Waals surface area contributed by atoms with Crippen molar-refractivity contribution in [3.63, 3.8) is 0 Å². The van der Waals surface area contributed by atoms with Crippen molar-refractivity contribution in [1.82, 2.24) is 0 Å². The van der Waals surface area contributed by atoms with E-state index in [9.17, 15) is 5.11 Å². The Morgan fingerprint density at radius 1 is 0.905 bits per heavy atom. The van der Waals surface area contributed by atoms with E-state index in [1.807, 2.05) is 6.92 Å². The predicted octanol–water partition coefficient (Wildman–Crippen LogP) is 6.48. The lowest BCUT2D eigenvalue weighted by Crippen LogP contribution is -2.40. The van der Waals surface area contributed by atoms with Crippen molar-refractivity contribution in [3.05, 3.63) is 11.3 Å². The van der Waals surface area contributed by atoms with Crippen LogP contribution in [0.4, 0.5) is 0 Å². The van der Waals surface area contributed by atoms with Crippen molar-refractivity contribution in [1.29, 1.82) is 0 Å². The van der Waals surface area contributed by atoms with Crippen LogP contribution in [-0.2, 0) is 0 Å². The number of hydrogen-bond donors (Lipinski definition) is 1. The monoisotopic (exact) mass is 312 g/mol. The fourth-order valence-electron chi connectivity index (χ4n) is 3.05. The molecule has 0 rings (SSSR count). The minimum atomic E-state index is -1.42. The fourth-order valence-corrected chi connectivity index (χ4v) is 5.60. The molecular formula is C19H40OSi. The Kier molecular flexibility index (Phi) is 10.6. The van der Waals surface area contributed by atoms with Crippen molar-refractivity contribution in [2.75, 3.05) is 0 Å². The molecule has 1 unspecified atom stereocenters. The summed E-state index contributed by atoms with van der Waals surface area (Å²) in [5, 5.41) is 12.0.